The second-order valence-corrected chi connectivity index (χ2v) is 6.09. The fraction of sp³-hybridized carbons (Fsp3) is 0.158. The second kappa shape index (κ2) is 6.67. The van der Waals surface area contributed by atoms with Gasteiger partial charge in [0.25, 0.3) is 0 Å². The minimum atomic E-state index is -1.52. The van der Waals surface area contributed by atoms with Crippen molar-refractivity contribution in [3.05, 3.63) is 66.0 Å². The Labute approximate surface area is 148 Å². The number of rotatable bonds is 5. The van der Waals surface area contributed by atoms with E-state index in [0.29, 0.717) is 17.7 Å². The molecule has 0 unspecified atom stereocenters. The summed E-state index contributed by atoms with van der Waals surface area (Å²) in [5.74, 6) is -3.37. The molecule has 0 atom stereocenters. The molecule has 2 aromatic carbocycles. The molecule has 0 saturated heterocycles. The molecule has 7 heteroatoms. The molecule has 0 bridgehead atoms. The first kappa shape index (κ1) is 16.4. The van der Waals surface area contributed by atoms with Crippen LogP contribution in [0, 0.1) is 17.5 Å². The lowest BCUT2D eigenvalue weighted by Gasteiger charge is -2.12. The van der Waals surface area contributed by atoms with Crippen LogP contribution in [0.3, 0.4) is 0 Å². The molecular weight excluding hydrogens is 341 g/mol. The molecule has 1 fully saturated rings. The Morgan fingerprint density at radius 2 is 1.65 bits per heavy atom. The monoisotopic (exact) mass is 356 g/mol. The minimum Gasteiger partial charge on any atom is -0.351 e. The van der Waals surface area contributed by atoms with Crippen LogP contribution in [-0.4, -0.2) is 16.0 Å². The fourth-order valence-corrected chi connectivity index (χ4v) is 2.50. The van der Waals surface area contributed by atoms with Crippen LogP contribution in [-0.2, 0) is 0 Å². The Hall–Kier alpha value is -3.09. The van der Waals surface area contributed by atoms with Gasteiger partial charge < -0.3 is 10.6 Å². The summed E-state index contributed by atoms with van der Waals surface area (Å²) < 4.78 is 40.5. The van der Waals surface area contributed by atoms with Crippen LogP contribution in [0.15, 0.2) is 48.5 Å². The predicted octanol–water partition coefficient (Wildman–Crippen LogP) is 4.88. The molecule has 3 aromatic rings. The molecule has 4 nitrogen and oxygen atoms in total. The van der Waals surface area contributed by atoms with Crippen molar-refractivity contribution in [1.82, 2.24) is 9.97 Å². The van der Waals surface area contributed by atoms with Crippen molar-refractivity contribution in [3.8, 4) is 11.3 Å². The lowest BCUT2D eigenvalue weighted by atomic mass is 10.1. The largest absolute Gasteiger partial charge is 0.351 e. The van der Waals surface area contributed by atoms with Gasteiger partial charge in [0.1, 0.15) is 5.82 Å². The van der Waals surface area contributed by atoms with Crippen molar-refractivity contribution < 1.29 is 13.2 Å². The molecule has 4 rings (SSSR count). The molecular formula is C19H15F3N4. The van der Waals surface area contributed by atoms with Gasteiger partial charge in [0.05, 0.1) is 11.4 Å². The van der Waals surface area contributed by atoms with Crippen LogP contribution < -0.4 is 10.6 Å². The quantitative estimate of drug-likeness (QED) is 0.640. The number of nitrogens with one attached hydrogen (secondary N) is 2. The van der Waals surface area contributed by atoms with Crippen LogP contribution in [0.2, 0.25) is 0 Å². The zero-order chi connectivity index (χ0) is 18.1. The van der Waals surface area contributed by atoms with Gasteiger partial charge in [-0.25, -0.2) is 18.2 Å². The molecule has 1 aliphatic rings. The van der Waals surface area contributed by atoms with Crippen molar-refractivity contribution in [1.29, 1.82) is 0 Å². The highest BCUT2D eigenvalue weighted by Crippen LogP contribution is 2.28. The third-order valence-corrected chi connectivity index (χ3v) is 4.00. The summed E-state index contributed by atoms with van der Waals surface area (Å²) in [5, 5.41) is 5.91. The van der Waals surface area contributed by atoms with E-state index in [0.717, 1.165) is 30.5 Å². The normalized spacial score (nSPS) is 13.5. The van der Waals surface area contributed by atoms with Crippen molar-refractivity contribution in [2.75, 3.05) is 10.6 Å². The molecule has 132 valence electrons. The van der Waals surface area contributed by atoms with Crippen molar-refractivity contribution in [3.63, 3.8) is 0 Å². The van der Waals surface area contributed by atoms with Gasteiger partial charge in [-0.1, -0.05) is 30.3 Å². The van der Waals surface area contributed by atoms with Gasteiger partial charge in [0.15, 0.2) is 17.5 Å². The fourth-order valence-electron chi connectivity index (χ4n) is 2.50. The van der Waals surface area contributed by atoms with Crippen LogP contribution >= 0.6 is 0 Å². The molecule has 0 radical (unpaired) electrons. The lowest BCUT2D eigenvalue weighted by molar-refractivity contribution is 0.449. The van der Waals surface area contributed by atoms with Gasteiger partial charge >= 0.3 is 0 Å². The Kier molecular flexibility index (Phi) is 4.20. The average Bonchev–Trinajstić information content (AvgIpc) is 3.47. The van der Waals surface area contributed by atoms with Crippen LogP contribution in [0.25, 0.3) is 11.3 Å². The number of benzene rings is 2. The molecule has 0 aliphatic heterocycles. The van der Waals surface area contributed by atoms with Crippen LogP contribution in [0.1, 0.15) is 12.8 Å². The first-order valence-electron chi connectivity index (χ1n) is 8.22. The van der Waals surface area contributed by atoms with Crippen molar-refractivity contribution >= 4 is 17.5 Å². The van der Waals surface area contributed by atoms with Gasteiger partial charge in [-0.3, -0.25) is 0 Å². The van der Waals surface area contributed by atoms with E-state index in [1.807, 2.05) is 30.3 Å². The third kappa shape index (κ3) is 3.46. The lowest BCUT2D eigenvalue weighted by Crippen LogP contribution is -2.08. The summed E-state index contributed by atoms with van der Waals surface area (Å²) in [6.07, 6.45) is 2.08. The Morgan fingerprint density at radius 3 is 2.38 bits per heavy atom. The van der Waals surface area contributed by atoms with Gasteiger partial charge in [0, 0.05) is 17.7 Å². The molecule has 1 aliphatic carbocycles. The summed E-state index contributed by atoms with van der Waals surface area (Å²) in [6, 6.07) is 13.4. The molecule has 1 aromatic heterocycles. The van der Waals surface area contributed by atoms with Gasteiger partial charge in [0.2, 0.25) is 5.95 Å². The Bertz CT molecular complexity index is 943. The topological polar surface area (TPSA) is 49.8 Å². The third-order valence-electron chi connectivity index (χ3n) is 4.00. The summed E-state index contributed by atoms with van der Waals surface area (Å²) in [5.41, 5.74) is 1.30. The number of anilines is 3. The number of hydrogen-bond acceptors (Lipinski definition) is 4. The summed E-state index contributed by atoms with van der Waals surface area (Å²) in [6.45, 7) is 0. The first-order valence-corrected chi connectivity index (χ1v) is 8.22. The number of nitrogens with zero attached hydrogens (tertiary/aromatic N) is 2. The second-order valence-electron chi connectivity index (χ2n) is 6.09. The molecule has 0 amide bonds. The Morgan fingerprint density at radius 1 is 0.885 bits per heavy atom. The van der Waals surface area contributed by atoms with Crippen LogP contribution in [0.5, 0.6) is 0 Å². The highest BCUT2D eigenvalue weighted by atomic mass is 19.2. The van der Waals surface area contributed by atoms with E-state index in [1.54, 1.807) is 6.07 Å². The zero-order valence-electron chi connectivity index (χ0n) is 13.6. The van der Waals surface area contributed by atoms with E-state index in [-0.39, 0.29) is 11.5 Å². The van der Waals surface area contributed by atoms with Gasteiger partial charge in [-0.05, 0) is 25.0 Å². The average molecular weight is 356 g/mol. The van der Waals surface area contributed by atoms with E-state index < -0.39 is 17.5 Å². The predicted molar refractivity (Wildman–Crippen MR) is 93.7 cm³/mol. The molecule has 1 saturated carbocycles. The van der Waals surface area contributed by atoms with Gasteiger partial charge in [-0.15, -0.1) is 0 Å². The van der Waals surface area contributed by atoms with Crippen LogP contribution in [0.4, 0.5) is 30.6 Å². The number of aromatic nitrogens is 2. The highest BCUT2D eigenvalue weighted by Gasteiger charge is 2.22. The van der Waals surface area contributed by atoms with E-state index in [1.165, 1.54) is 0 Å². The maximum atomic E-state index is 14.0. The first-order chi connectivity index (χ1) is 12.6. The zero-order valence-corrected chi connectivity index (χ0v) is 13.6. The van der Waals surface area contributed by atoms with E-state index in [9.17, 15) is 13.2 Å². The standard InChI is InChI=1S/C19H15F3N4/c20-13-8-9-14(18(22)17(13)21)24-16-10-15(11-4-2-1-3-5-11)25-19(26-16)23-12-6-7-12/h1-5,8-10,12H,6-7H2,(H2,23,24,25,26). The molecule has 2 N–H and O–H groups in total. The summed E-state index contributed by atoms with van der Waals surface area (Å²) in [7, 11) is 0. The molecule has 0 spiro atoms. The SMILES string of the molecule is Fc1ccc(Nc2cc(-c3ccccc3)nc(NC3CC3)n2)c(F)c1F. The van der Waals surface area contributed by atoms with E-state index in [4.69, 9.17) is 0 Å². The van der Waals surface area contributed by atoms with E-state index in [2.05, 4.69) is 20.6 Å². The summed E-state index contributed by atoms with van der Waals surface area (Å²) in [4.78, 5) is 8.80. The Balaban J connectivity index is 1.71. The van der Waals surface area contributed by atoms with Crippen molar-refractivity contribution in [2.24, 2.45) is 0 Å². The maximum Gasteiger partial charge on any atom is 0.225 e. The molecule has 1 heterocycles. The van der Waals surface area contributed by atoms with E-state index >= 15 is 0 Å². The minimum absolute atomic E-state index is 0.195. The van der Waals surface area contributed by atoms with Gasteiger partial charge in [-0.2, -0.15) is 4.98 Å². The smallest absolute Gasteiger partial charge is 0.225 e. The number of halogens is 3. The summed E-state index contributed by atoms with van der Waals surface area (Å²) >= 11 is 0. The number of hydrogen-bond donors (Lipinski definition) is 2. The van der Waals surface area contributed by atoms with Crippen molar-refractivity contribution in [2.45, 2.75) is 18.9 Å². The highest BCUT2D eigenvalue weighted by molar-refractivity contribution is 5.67. The maximum absolute atomic E-state index is 14.0. The molecule has 26 heavy (non-hydrogen) atoms.